The van der Waals surface area contributed by atoms with Gasteiger partial charge in [0.05, 0.1) is 6.54 Å². The molecule has 25 heavy (non-hydrogen) atoms. The maximum atomic E-state index is 13.1. The Labute approximate surface area is 145 Å². The average Bonchev–Trinajstić information content (AvgIpc) is 2.80. The molecule has 0 aliphatic carbocycles. The predicted octanol–water partition coefficient (Wildman–Crippen LogP) is 2.25. The van der Waals surface area contributed by atoms with Crippen LogP contribution in [0.3, 0.4) is 0 Å². The second-order valence-electron chi connectivity index (χ2n) is 6.37. The van der Waals surface area contributed by atoms with Crippen molar-refractivity contribution in [3.05, 3.63) is 59.5 Å². The van der Waals surface area contributed by atoms with Gasteiger partial charge in [-0.25, -0.2) is 14.2 Å². The second-order valence-corrected chi connectivity index (χ2v) is 6.37. The standard InChI is InChI=1S/C18H19FN4O2/c1-18(13-4-6-14(19)7-5-13)16(24)23(17(25)21-18)11-12-8-9-20-15(10-12)22(2)3/h4-10H,11H2,1-3H3,(H,21,25). The molecule has 7 heteroatoms. The molecule has 1 atom stereocenters. The number of urea groups is 1. The van der Waals surface area contributed by atoms with E-state index in [-0.39, 0.29) is 12.5 Å². The number of hydrogen-bond donors (Lipinski definition) is 1. The summed E-state index contributed by atoms with van der Waals surface area (Å²) in [4.78, 5) is 32.5. The van der Waals surface area contributed by atoms with Crippen LogP contribution in [0.1, 0.15) is 18.1 Å². The zero-order valence-corrected chi connectivity index (χ0v) is 14.3. The van der Waals surface area contributed by atoms with Gasteiger partial charge in [-0.05, 0) is 42.3 Å². The fourth-order valence-corrected chi connectivity index (χ4v) is 2.81. The number of pyridine rings is 1. The van der Waals surface area contributed by atoms with Crippen LogP contribution >= 0.6 is 0 Å². The molecule has 2 heterocycles. The van der Waals surface area contributed by atoms with Gasteiger partial charge >= 0.3 is 6.03 Å². The number of carbonyl (C=O) groups excluding carboxylic acids is 2. The molecule has 0 saturated carbocycles. The minimum Gasteiger partial charge on any atom is -0.363 e. The van der Waals surface area contributed by atoms with Crippen molar-refractivity contribution in [3.63, 3.8) is 0 Å². The first-order valence-corrected chi connectivity index (χ1v) is 7.83. The molecule has 1 aliphatic rings. The van der Waals surface area contributed by atoms with Crippen molar-refractivity contribution in [2.24, 2.45) is 0 Å². The fourth-order valence-electron chi connectivity index (χ4n) is 2.81. The van der Waals surface area contributed by atoms with E-state index in [1.54, 1.807) is 19.2 Å². The van der Waals surface area contributed by atoms with Gasteiger partial charge in [-0.15, -0.1) is 0 Å². The zero-order valence-electron chi connectivity index (χ0n) is 14.3. The molecular formula is C18H19FN4O2. The number of nitrogens with zero attached hydrogens (tertiary/aromatic N) is 3. The quantitative estimate of drug-likeness (QED) is 0.866. The number of halogens is 1. The van der Waals surface area contributed by atoms with E-state index in [4.69, 9.17) is 0 Å². The molecule has 130 valence electrons. The first-order valence-electron chi connectivity index (χ1n) is 7.83. The normalized spacial score (nSPS) is 19.9. The Balaban J connectivity index is 1.86. The summed E-state index contributed by atoms with van der Waals surface area (Å²) in [6.45, 7) is 1.77. The van der Waals surface area contributed by atoms with Gasteiger partial charge < -0.3 is 10.2 Å². The van der Waals surface area contributed by atoms with Gasteiger partial charge in [0.2, 0.25) is 0 Å². The first-order chi connectivity index (χ1) is 11.8. The van der Waals surface area contributed by atoms with Crippen LogP contribution in [0.5, 0.6) is 0 Å². The molecule has 0 spiro atoms. The van der Waals surface area contributed by atoms with Gasteiger partial charge in [-0.1, -0.05) is 12.1 Å². The third-order valence-corrected chi connectivity index (χ3v) is 4.31. The molecule has 2 aromatic rings. The number of rotatable bonds is 4. The van der Waals surface area contributed by atoms with Crippen molar-refractivity contribution in [3.8, 4) is 0 Å². The molecule has 1 saturated heterocycles. The summed E-state index contributed by atoms with van der Waals surface area (Å²) in [6, 6.07) is 8.68. The van der Waals surface area contributed by atoms with E-state index >= 15 is 0 Å². The maximum Gasteiger partial charge on any atom is 0.325 e. The Morgan fingerprint density at radius 3 is 2.52 bits per heavy atom. The molecular weight excluding hydrogens is 323 g/mol. The van der Waals surface area contributed by atoms with Gasteiger partial charge in [0.15, 0.2) is 0 Å². The van der Waals surface area contributed by atoms with Crippen molar-refractivity contribution in [2.75, 3.05) is 19.0 Å². The maximum absolute atomic E-state index is 13.1. The first kappa shape index (κ1) is 16.9. The number of aromatic nitrogens is 1. The number of anilines is 1. The van der Waals surface area contributed by atoms with Crippen molar-refractivity contribution in [2.45, 2.75) is 19.0 Å². The lowest BCUT2D eigenvalue weighted by molar-refractivity contribution is -0.131. The summed E-state index contributed by atoms with van der Waals surface area (Å²) < 4.78 is 13.1. The van der Waals surface area contributed by atoms with Gasteiger partial charge in [0, 0.05) is 20.3 Å². The van der Waals surface area contributed by atoms with Crippen molar-refractivity contribution in [1.82, 2.24) is 15.2 Å². The van der Waals surface area contributed by atoms with E-state index in [1.165, 1.54) is 24.3 Å². The largest absolute Gasteiger partial charge is 0.363 e. The van der Waals surface area contributed by atoms with Crippen molar-refractivity contribution in [1.29, 1.82) is 0 Å². The molecule has 1 unspecified atom stereocenters. The molecule has 1 N–H and O–H groups in total. The van der Waals surface area contributed by atoms with Crippen LogP contribution < -0.4 is 10.2 Å². The zero-order chi connectivity index (χ0) is 18.2. The summed E-state index contributed by atoms with van der Waals surface area (Å²) in [7, 11) is 3.73. The number of hydrogen-bond acceptors (Lipinski definition) is 4. The summed E-state index contributed by atoms with van der Waals surface area (Å²) in [5.74, 6) is -0.0212. The average molecular weight is 342 g/mol. The summed E-state index contributed by atoms with van der Waals surface area (Å²) >= 11 is 0. The van der Waals surface area contributed by atoms with E-state index in [0.717, 1.165) is 16.3 Å². The van der Waals surface area contributed by atoms with Crippen LogP contribution in [-0.4, -0.2) is 35.9 Å². The molecule has 6 nitrogen and oxygen atoms in total. The number of benzene rings is 1. The number of amides is 3. The van der Waals surface area contributed by atoms with Crippen LogP contribution in [0.15, 0.2) is 42.6 Å². The Kier molecular flexibility index (Phi) is 4.16. The lowest BCUT2D eigenvalue weighted by Crippen LogP contribution is -2.40. The van der Waals surface area contributed by atoms with E-state index in [1.807, 2.05) is 25.1 Å². The molecule has 1 fully saturated rings. The highest BCUT2D eigenvalue weighted by Gasteiger charge is 2.48. The fraction of sp³-hybridized carbons (Fsp3) is 0.278. The molecule has 1 aromatic heterocycles. The van der Waals surface area contributed by atoms with Crippen LogP contribution in [0, 0.1) is 5.82 Å². The molecule has 1 aliphatic heterocycles. The Morgan fingerprint density at radius 2 is 1.88 bits per heavy atom. The lowest BCUT2D eigenvalue weighted by Gasteiger charge is -2.22. The van der Waals surface area contributed by atoms with Crippen LogP contribution in [-0.2, 0) is 16.9 Å². The SMILES string of the molecule is CN(C)c1cc(CN2C(=O)NC(C)(c3ccc(F)cc3)C2=O)ccn1. The topological polar surface area (TPSA) is 65.5 Å². The van der Waals surface area contributed by atoms with E-state index in [2.05, 4.69) is 10.3 Å². The lowest BCUT2D eigenvalue weighted by atomic mass is 9.92. The highest BCUT2D eigenvalue weighted by Crippen LogP contribution is 2.30. The monoisotopic (exact) mass is 342 g/mol. The smallest absolute Gasteiger partial charge is 0.325 e. The summed E-state index contributed by atoms with van der Waals surface area (Å²) in [5, 5.41) is 2.71. The number of imide groups is 1. The molecule has 3 rings (SSSR count). The Hall–Kier alpha value is -2.96. The van der Waals surface area contributed by atoms with Gasteiger partial charge in [0.25, 0.3) is 5.91 Å². The van der Waals surface area contributed by atoms with Gasteiger partial charge in [-0.3, -0.25) is 9.69 Å². The minimum absolute atomic E-state index is 0.144. The highest BCUT2D eigenvalue weighted by molar-refractivity contribution is 6.07. The molecule has 0 bridgehead atoms. The number of carbonyl (C=O) groups is 2. The third kappa shape index (κ3) is 3.05. The summed E-state index contributed by atoms with van der Waals surface area (Å²) in [5.41, 5.74) is 0.131. The van der Waals surface area contributed by atoms with E-state index in [0.29, 0.717) is 5.56 Å². The Bertz CT molecular complexity index is 822. The van der Waals surface area contributed by atoms with Crippen LogP contribution in [0.25, 0.3) is 0 Å². The molecule has 3 amide bonds. The minimum atomic E-state index is -1.21. The second kappa shape index (κ2) is 6.16. The van der Waals surface area contributed by atoms with Crippen molar-refractivity contribution >= 4 is 17.8 Å². The molecule has 1 aromatic carbocycles. The van der Waals surface area contributed by atoms with Gasteiger partial charge in [0.1, 0.15) is 17.2 Å². The number of nitrogens with one attached hydrogen (secondary N) is 1. The van der Waals surface area contributed by atoms with E-state index in [9.17, 15) is 14.0 Å². The van der Waals surface area contributed by atoms with E-state index < -0.39 is 17.4 Å². The van der Waals surface area contributed by atoms with Crippen molar-refractivity contribution < 1.29 is 14.0 Å². The predicted molar refractivity (Wildman–Crippen MR) is 91.4 cm³/mol. The van der Waals surface area contributed by atoms with Crippen LogP contribution in [0.4, 0.5) is 15.0 Å². The highest BCUT2D eigenvalue weighted by atomic mass is 19.1. The van der Waals surface area contributed by atoms with Crippen LogP contribution in [0.2, 0.25) is 0 Å². The molecule has 0 radical (unpaired) electrons. The Morgan fingerprint density at radius 1 is 1.20 bits per heavy atom. The third-order valence-electron chi connectivity index (χ3n) is 4.31. The van der Waals surface area contributed by atoms with Gasteiger partial charge in [-0.2, -0.15) is 0 Å². The summed E-state index contributed by atoms with van der Waals surface area (Å²) in [6.07, 6.45) is 1.64.